The Hall–Kier alpha value is -2.00. The third-order valence-corrected chi connectivity index (χ3v) is 3.37. The number of benzene rings is 2. The van der Waals surface area contributed by atoms with E-state index in [0.717, 1.165) is 29.7 Å². The first-order valence-corrected chi connectivity index (χ1v) is 6.45. The van der Waals surface area contributed by atoms with Crippen molar-refractivity contribution in [3.8, 4) is 5.75 Å². The molecule has 0 atom stereocenters. The van der Waals surface area contributed by atoms with Crippen LogP contribution in [0.4, 0.5) is 0 Å². The SMILES string of the molecule is Cc1ccc(O)c2nc(CCc3ccccc3)[nH]c12.Cl. The van der Waals surface area contributed by atoms with Gasteiger partial charge in [-0.3, -0.25) is 0 Å². The van der Waals surface area contributed by atoms with Gasteiger partial charge >= 0.3 is 0 Å². The molecule has 0 aliphatic rings. The van der Waals surface area contributed by atoms with E-state index in [4.69, 9.17) is 0 Å². The van der Waals surface area contributed by atoms with Crippen LogP contribution in [0.25, 0.3) is 11.0 Å². The van der Waals surface area contributed by atoms with Crippen LogP contribution in [0.15, 0.2) is 42.5 Å². The van der Waals surface area contributed by atoms with Crippen LogP contribution in [0, 0.1) is 6.92 Å². The van der Waals surface area contributed by atoms with Crippen molar-refractivity contribution in [2.75, 3.05) is 0 Å². The summed E-state index contributed by atoms with van der Waals surface area (Å²) < 4.78 is 0. The number of aromatic amines is 1. The predicted molar refractivity (Wildman–Crippen MR) is 83.6 cm³/mol. The minimum Gasteiger partial charge on any atom is -0.506 e. The third kappa shape index (κ3) is 2.78. The van der Waals surface area contributed by atoms with Crippen LogP contribution in [0.2, 0.25) is 0 Å². The van der Waals surface area contributed by atoms with E-state index in [9.17, 15) is 5.11 Å². The van der Waals surface area contributed by atoms with Crippen LogP contribution in [0.3, 0.4) is 0 Å². The van der Waals surface area contributed by atoms with Crippen molar-refractivity contribution in [2.24, 2.45) is 0 Å². The molecule has 0 saturated heterocycles. The summed E-state index contributed by atoms with van der Waals surface area (Å²) in [6.07, 6.45) is 1.79. The van der Waals surface area contributed by atoms with Crippen LogP contribution in [0.5, 0.6) is 5.75 Å². The zero-order valence-corrected chi connectivity index (χ0v) is 12.1. The number of fused-ring (bicyclic) bond motifs is 1. The molecule has 0 bridgehead atoms. The molecule has 0 amide bonds. The fourth-order valence-electron chi connectivity index (χ4n) is 2.29. The number of hydrogen-bond donors (Lipinski definition) is 2. The lowest BCUT2D eigenvalue weighted by Crippen LogP contribution is -1.92. The van der Waals surface area contributed by atoms with E-state index in [0.29, 0.717) is 5.52 Å². The highest BCUT2D eigenvalue weighted by atomic mass is 35.5. The van der Waals surface area contributed by atoms with Gasteiger partial charge in [0.05, 0.1) is 5.52 Å². The number of hydrogen-bond acceptors (Lipinski definition) is 2. The number of imidazole rings is 1. The van der Waals surface area contributed by atoms with E-state index >= 15 is 0 Å². The first-order chi connectivity index (χ1) is 9.24. The van der Waals surface area contributed by atoms with Gasteiger partial charge in [0.2, 0.25) is 0 Å². The second-order valence-corrected chi connectivity index (χ2v) is 4.79. The Morgan fingerprint density at radius 2 is 1.80 bits per heavy atom. The standard InChI is InChI=1S/C16H16N2O.ClH/c1-11-7-9-13(19)16-15(11)17-14(18-16)10-8-12-5-3-2-4-6-12;/h2-7,9,19H,8,10H2,1H3,(H,17,18);1H. The molecule has 0 unspecified atom stereocenters. The van der Waals surface area contributed by atoms with Crippen molar-refractivity contribution in [3.05, 3.63) is 59.4 Å². The van der Waals surface area contributed by atoms with E-state index in [-0.39, 0.29) is 18.2 Å². The molecule has 104 valence electrons. The Morgan fingerprint density at radius 3 is 2.50 bits per heavy atom. The van der Waals surface area contributed by atoms with Crippen LogP contribution >= 0.6 is 12.4 Å². The zero-order chi connectivity index (χ0) is 13.2. The van der Waals surface area contributed by atoms with Gasteiger partial charge < -0.3 is 10.1 Å². The molecule has 2 aromatic carbocycles. The summed E-state index contributed by atoms with van der Waals surface area (Å²) in [6, 6.07) is 13.9. The van der Waals surface area contributed by atoms with Gasteiger partial charge in [0.1, 0.15) is 17.1 Å². The second kappa shape index (κ2) is 5.97. The van der Waals surface area contributed by atoms with E-state index in [1.165, 1.54) is 5.56 Å². The highest BCUT2D eigenvalue weighted by Gasteiger charge is 2.09. The van der Waals surface area contributed by atoms with Gasteiger partial charge in [0.25, 0.3) is 0 Å². The van der Waals surface area contributed by atoms with Crippen molar-refractivity contribution in [1.82, 2.24) is 9.97 Å². The number of nitrogens with zero attached hydrogens (tertiary/aromatic N) is 1. The smallest absolute Gasteiger partial charge is 0.143 e. The summed E-state index contributed by atoms with van der Waals surface area (Å²) in [7, 11) is 0. The summed E-state index contributed by atoms with van der Waals surface area (Å²) in [5, 5.41) is 9.81. The molecule has 20 heavy (non-hydrogen) atoms. The maximum Gasteiger partial charge on any atom is 0.143 e. The normalized spacial score (nSPS) is 10.4. The fraction of sp³-hybridized carbons (Fsp3) is 0.188. The number of halogens is 1. The number of phenols is 1. The number of aromatic hydroxyl groups is 1. The van der Waals surface area contributed by atoms with Gasteiger partial charge in [0, 0.05) is 6.42 Å². The highest BCUT2D eigenvalue weighted by molar-refractivity contribution is 5.85. The molecule has 0 aliphatic heterocycles. The topological polar surface area (TPSA) is 48.9 Å². The van der Waals surface area contributed by atoms with Gasteiger partial charge in [-0.25, -0.2) is 4.98 Å². The highest BCUT2D eigenvalue weighted by Crippen LogP contribution is 2.25. The summed E-state index contributed by atoms with van der Waals surface area (Å²) in [4.78, 5) is 7.79. The predicted octanol–water partition coefficient (Wildman–Crippen LogP) is 3.78. The summed E-state index contributed by atoms with van der Waals surface area (Å²) in [6.45, 7) is 2.01. The third-order valence-electron chi connectivity index (χ3n) is 3.37. The maximum absolute atomic E-state index is 9.81. The Bertz CT molecular complexity index is 668. The molecule has 1 heterocycles. The van der Waals surface area contributed by atoms with Crippen LogP contribution in [0.1, 0.15) is 17.0 Å². The lowest BCUT2D eigenvalue weighted by atomic mass is 10.1. The average molecular weight is 289 g/mol. The van der Waals surface area contributed by atoms with Gasteiger partial charge in [-0.2, -0.15) is 0 Å². The number of phenolic OH excluding ortho intramolecular Hbond substituents is 1. The Morgan fingerprint density at radius 1 is 1.05 bits per heavy atom. The Kier molecular flexibility index (Phi) is 4.30. The van der Waals surface area contributed by atoms with Crippen molar-refractivity contribution >= 4 is 23.4 Å². The van der Waals surface area contributed by atoms with Gasteiger partial charge in [-0.15, -0.1) is 12.4 Å². The summed E-state index contributed by atoms with van der Waals surface area (Å²) >= 11 is 0. The van der Waals surface area contributed by atoms with Crippen molar-refractivity contribution < 1.29 is 5.11 Å². The number of aryl methyl sites for hydroxylation is 3. The fourth-order valence-corrected chi connectivity index (χ4v) is 2.29. The summed E-state index contributed by atoms with van der Waals surface area (Å²) in [5.74, 6) is 1.16. The lowest BCUT2D eigenvalue weighted by molar-refractivity contribution is 0.480. The van der Waals surface area contributed by atoms with Crippen LogP contribution in [-0.2, 0) is 12.8 Å². The summed E-state index contributed by atoms with van der Waals surface area (Å²) in [5.41, 5.74) is 4.00. The molecule has 0 saturated carbocycles. The molecular weight excluding hydrogens is 272 g/mol. The molecule has 0 spiro atoms. The molecule has 0 fully saturated rings. The van der Waals surface area contributed by atoms with Gasteiger partial charge in [-0.05, 0) is 30.5 Å². The van der Waals surface area contributed by atoms with Crippen LogP contribution in [-0.4, -0.2) is 15.1 Å². The number of aromatic nitrogens is 2. The van der Waals surface area contributed by atoms with E-state index in [1.807, 2.05) is 31.2 Å². The molecular formula is C16H17ClN2O. The molecule has 2 N–H and O–H groups in total. The number of nitrogens with one attached hydrogen (secondary N) is 1. The molecule has 4 heteroatoms. The monoisotopic (exact) mass is 288 g/mol. The van der Waals surface area contributed by atoms with Crippen molar-refractivity contribution in [1.29, 1.82) is 0 Å². The molecule has 0 radical (unpaired) electrons. The van der Waals surface area contributed by atoms with E-state index < -0.39 is 0 Å². The Balaban J connectivity index is 0.00000147. The largest absolute Gasteiger partial charge is 0.506 e. The van der Waals surface area contributed by atoms with E-state index in [2.05, 4.69) is 22.1 Å². The molecule has 3 rings (SSSR count). The lowest BCUT2D eigenvalue weighted by Gasteiger charge is -1.98. The quantitative estimate of drug-likeness (QED) is 0.770. The van der Waals surface area contributed by atoms with Crippen molar-refractivity contribution in [2.45, 2.75) is 19.8 Å². The zero-order valence-electron chi connectivity index (χ0n) is 11.3. The second-order valence-electron chi connectivity index (χ2n) is 4.79. The average Bonchev–Trinajstić information content (AvgIpc) is 2.87. The van der Waals surface area contributed by atoms with Crippen molar-refractivity contribution in [3.63, 3.8) is 0 Å². The molecule has 0 aliphatic carbocycles. The minimum atomic E-state index is 0. The molecule has 3 aromatic rings. The van der Waals surface area contributed by atoms with Gasteiger partial charge in [0.15, 0.2) is 0 Å². The first kappa shape index (κ1) is 14.4. The maximum atomic E-state index is 9.81. The Labute approximate surface area is 124 Å². The van der Waals surface area contributed by atoms with Crippen LogP contribution < -0.4 is 0 Å². The first-order valence-electron chi connectivity index (χ1n) is 6.45. The number of H-pyrrole nitrogens is 1. The number of rotatable bonds is 3. The minimum absolute atomic E-state index is 0. The molecule has 1 aromatic heterocycles. The van der Waals surface area contributed by atoms with Gasteiger partial charge in [-0.1, -0.05) is 36.4 Å². The molecule has 3 nitrogen and oxygen atoms in total. The van der Waals surface area contributed by atoms with E-state index in [1.54, 1.807) is 6.07 Å².